The van der Waals surface area contributed by atoms with Gasteiger partial charge < -0.3 is 10.2 Å². The Morgan fingerprint density at radius 1 is 1.07 bits per heavy atom. The highest BCUT2D eigenvalue weighted by Crippen LogP contribution is 2.48. The van der Waals surface area contributed by atoms with E-state index in [0.29, 0.717) is 25.2 Å². The van der Waals surface area contributed by atoms with Crippen molar-refractivity contribution in [1.82, 2.24) is 10.2 Å². The number of benzene rings is 1. The minimum absolute atomic E-state index is 0.0501. The molecule has 1 atom stereocenters. The Labute approximate surface area is 164 Å². The molecule has 27 heavy (non-hydrogen) atoms. The van der Waals surface area contributed by atoms with Gasteiger partial charge in [0.2, 0.25) is 5.91 Å². The average Bonchev–Trinajstić information content (AvgIpc) is 3.35. The van der Waals surface area contributed by atoms with E-state index in [-0.39, 0.29) is 23.1 Å². The molecule has 2 aliphatic rings. The summed E-state index contributed by atoms with van der Waals surface area (Å²) in [4.78, 5) is 29.1. The summed E-state index contributed by atoms with van der Waals surface area (Å²) in [6.45, 7) is 1.82. The molecule has 1 saturated heterocycles. The number of thiophene rings is 1. The van der Waals surface area contributed by atoms with Crippen molar-refractivity contribution in [3.8, 4) is 0 Å². The Kier molecular flexibility index (Phi) is 5.30. The lowest BCUT2D eigenvalue weighted by atomic mass is 9.67. The Hall–Kier alpha value is -2.14. The molecule has 2 heterocycles. The fourth-order valence-corrected chi connectivity index (χ4v) is 5.37. The second-order valence-electron chi connectivity index (χ2n) is 7.82. The van der Waals surface area contributed by atoms with E-state index in [1.807, 2.05) is 52.7 Å². The summed E-state index contributed by atoms with van der Waals surface area (Å²) in [6, 6.07) is 13.5. The lowest BCUT2D eigenvalue weighted by Gasteiger charge is -2.37. The van der Waals surface area contributed by atoms with Crippen LogP contribution in [0.2, 0.25) is 0 Å². The normalized spacial score (nSPS) is 21.3. The van der Waals surface area contributed by atoms with Gasteiger partial charge in [0.1, 0.15) is 0 Å². The molecule has 2 aromatic rings. The van der Waals surface area contributed by atoms with Crippen LogP contribution in [0.4, 0.5) is 0 Å². The van der Waals surface area contributed by atoms with Crippen molar-refractivity contribution in [3.63, 3.8) is 0 Å². The lowest BCUT2D eigenvalue weighted by molar-refractivity contribution is -0.128. The summed E-state index contributed by atoms with van der Waals surface area (Å²) in [5, 5.41) is 5.16. The fourth-order valence-electron chi connectivity index (χ4n) is 4.72. The van der Waals surface area contributed by atoms with Crippen molar-refractivity contribution in [2.24, 2.45) is 11.3 Å². The second kappa shape index (κ2) is 7.85. The van der Waals surface area contributed by atoms with Crippen molar-refractivity contribution in [2.75, 3.05) is 13.1 Å². The molecule has 1 N–H and O–H groups in total. The quantitative estimate of drug-likeness (QED) is 0.866. The van der Waals surface area contributed by atoms with E-state index in [1.165, 1.54) is 6.42 Å². The van der Waals surface area contributed by atoms with Crippen LogP contribution in [-0.4, -0.2) is 29.8 Å². The average molecular weight is 383 g/mol. The minimum atomic E-state index is -0.106. The highest BCUT2D eigenvalue weighted by atomic mass is 32.1. The second-order valence-corrected chi connectivity index (χ2v) is 8.86. The predicted molar refractivity (Wildman–Crippen MR) is 108 cm³/mol. The standard InChI is InChI=1S/C22H26N2O2S/c25-20(23-14-18-10-7-13-27-18)19-15-24(16-22(19)11-5-2-6-12-22)21(26)17-8-3-1-4-9-17/h1,3-4,7-10,13,19H,2,5-6,11-12,14-16H2,(H,23,25)/t19-/m0/s1. The van der Waals surface area contributed by atoms with E-state index in [9.17, 15) is 9.59 Å². The van der Waals surface area contributed by atoms with Crippen molar-refractivity contribution >= 4 is 23.2 Å². The number of hydrogen-bond donors (Lipinski definition) is 1. The fraction of sp³-hybridized carbons (Fsp3) is 0.455. The third kappa shape index (κ3) is 3.79. The monoisotopic (exact) mass is 382 g/mol. The number of rotatable bonds is 4. The number of nitrogens with zero attached hydrogens (tertiary/aromatic N) is 1. The van der Waals surface area contributed by atoms with Crippen molar-refractivity contribution in [3.05, 3.63) is 58.3 Å². The first-order chi connectivity index (χ1) is 13.2. The van der Waals surface area contributed by atoms with Crippen LogP contribution in [0, 0.1) is 11.3 Å². The van der Waals surface area contributed by atoms with Crippen LogP contribution in [0.25, 0.3) is 0 Å². The molecule has 4 nitrogen and oxygen atoms in total. The van der Waals surface area contributed by atoms with Crippen LogP contribution in [0.15, 0.2) is 47.8 Å². The van der Waals surface area contributed by atoms with Crippen LogP contribution >= 0.6 is 11.3 Å². The maximum Gasteiger partial charge on any atom is 0.253 e. The highest BCUT2D eigenvalue weighted by molar-refractivity contribution is 7.09. The van der Waals surface area contributed by atoms with Crippen molar-refractivity contribution in [1.29, 1.82) is 0 Å². The number of amides is 2. The van der Waals surface area contributed by atoms with Crippen LogP contribution in [0.5, 0.6) is 0 Å². The van der Waals surface area contributed by atoms with Gasteiger partial charge in [0.25, 0.3) is 5.91 Å². The van der Waals surface area contributed by atoms with Gasteiger partial charge in [0.15, 0.2) is 0 Å². The molecular formula is C22H26N2O2S. The molecule has 1 saturated carbocycles. The first-order valence-corrected chi connectivity index (χ1v) is 10.7. The maximum absolute atomic E-state index is 13.1. The van der Waals surface area contributed by atoms with Crippen molar-refractivity contribution in [2.45, 2.75) is 38.6 Å². The zero-order chi connectivity index (χ0) is 18.7. The molecule has 0 unspecified atom stereocenters. The summed E-state index contributed by atoms with van der Waals surface area (Å²) in [5.41, 5.74) is 0.658. The topological polar surface area (TPSA) is 49.4 Å². The first kappa shape index (κ1) is 18.2. The van der Waals surface area contributed by atoms with Crippen molar-refractivity contribution < 1.29 is 9.59 Å². The molecule has 5 heteroatoms. The van der Waals surface area contributed by atoms with Gasteiger partial charge in [0, 0.05) is 28.9 Å². The van der Waals surface area contributed by atoms with E-state index in [0.717, 1.165) is 30.6 Å². The number of likely N-dealkylation sites (tertiary alicyclic amines) is 1. The molecule has 0 bridgehead atoms. The highest BCUT2D eigenvalue weighted by Gasteiger charge is 2.51. The minimum Gasteiger partial charge on any atom is -0.351 e. The van der Waals surface area contributed by atoms with Crippen LogP contribution in [0.3, 0.4) is 0 Å². The number of hydrogen-bond acceptors (Lipinski definition) is 3. The molecule has 2 amide bonds. The van der Waals surface area contributed by atoms with Gasteiger partial charge in [-0.25, -0.2) is 0 Å². The van der Waals surface area contributed by atoms with Gasteiger partial charge in [-0.2, -0.15) is 0 Å². The lowest BCUT2D eigenvalue weighted by Crippen LogP contribution is -2.42. The van der Waals surface area contributed by atoms with Gasteiger partial charge in [-0.05, 0) is 36.4 Å². The zero-order valence-electron chi connectivity index (χ0n) is 15.5. The molecule has 1 aromatic carbocycles. The Bertz CT molecular complexity index is 782. The molecule has 142 valence electrons. The number of carbonyl (C=O) groups is 2. The summed E-state index contributed by atoms with van der Waals surface area (Å²) in [6.07, 6.45) is 5.63. The summed E-state index contributed by atoms with van der Waals surface area (Å²) < 4.78 is 0. The first-order valence-electron chi connectivity index (χ1n) is 9.82. The SMILES string of the molecule is O=C(NCc1cccs1)[C@@H]1CN(C(=O)c2ccccc2)CC12CCCCC2. The van der Waals surface area contributed by atoms with Crippen LogP contribution in [0.1, 0.15) is 47.3 Å². The summed E-state index contributed by atoms with van der Waals surface area (Å²) in [5.74, 6) is 0.0493. The molecule has 0 radical (unpaired) electrons. The summed E-state index contributed by atoms with van der Waals surface area (Å²) in [7, 11) is 0. The molecule has 1 spiro atoms. The predicted octanol–water partition coefficient (Wildman–Crippen LogP) is 4.09. The van der Waals surface area contributed by atoms with Crippen LogP contribution in [-0.2, 0) is 11.3 Å². The molecule has 2 fully saturated rings. The van der Waals surface area contributed by atoms with Gasteiger partial charge >= 0.3 is 0 Å². The van der Waals surface area contributed by atoms with Gasteiger partial charge in [-0.1, -0.05) is 43.5 Å². The number of nitrogens with one attached hydrogen (secondary N) is 1. The Morgan fingerprint density at radius 2 is 1.85 bits per heavy atom. The molecule has 4 rings (SSSR count). The maximum atomic E-state index is 13.1. The van der Waals surface area contributed by atoms with Crippen LogP contribution < -0.4 is 5.32 Å². The summed E-state index contributed by atoms with van der Waals surface area (Å²) >= 11 is 1.66. The smallest absolute Gasteiger partial charge is 0.253 e. The largest absolute Gasteiger partial charge is 0.351 e. The van der Waals surface area contributed by atoms with Gasteiger partial charge in [0.05, 0.1) is 12.5 Å². The van der Waals surface area contributed by atoms with Gasteiger partial charge in [-0.3, -0.25) is 9.59 Å². The van der Waals surface area contributed by atoms with E-state index >= 15 is 0 Å². The van der Waals surface area contributed by atoms with E-state index < -0.39 is 0 Å². The Balaban J connectivity index is 1.51. The van der Waals surface area contributed by atoms with E-state index in [1.54, 1.807) is 11.3 Å². The third-order valence-corrected chi connectivity index (χ3v) is 7.02. The molecular weight excluding hydrogens is 356 g/mol. The molecule has 1 aromatic heterocycles. The molecule has 1 aliphatic carbocycles. The Morgan fingerprint density at radius 3 is 2.56 bits per heavy atom. The van der Waals surface area contributed by atoms with Gasteiger partial charge in [-0.15, -0.1) is 11.3 Å². The third-order valence-electron chi connectivity index (χ3n) is 6.14. The van der Waals surface area contributed by atoms with E-state index in [4.69, 9.17) is 0 Å². The van der Waals surface area contributed by atoms with E-state index in [2.05, 4.69) is 5.32 Å². The molecule has 1 aliphatic heterocycles. The number of carbonyl (C=O) groups excluding carboxylic acids is 2. The zero-order valence-corrected chi connectivity index (χ0v) is 16.3.